The Morgan fingerprint density at radius 1 is 1.14 bits per heavy atom. The molecule has 7 nitrogen and oxygen atoms in total. The molecular weight excluding hydrogens is 463 g/mol. The van der Waals surface area contributed by atoms with E-state index in [1.807, 2.05) is 13.8 Å². The van der Waals surface area contributed by atoms with Gasteiger partial charge in [0.15, 0.2) is 0 Å². The van der Waals surface area contributed by atoms with Gasteiger partial charge in [-0.05, 0) is 82.6 Å². The lowest BCUT2D eigenvalue weighted by Gasteiger charge is -2.26. The van der Waals surface area contributed by atoms with Crippen LogP contribution in [-0.2, 0) is 0 Å². The normalized spacial score (nSPS) is 14.4. The molecule has 1 aliphatic heterocycles. The number of aromatic carboxylic acids is 1. The van der Waals surface area contributed by atoms with E-state index < -0.39 is 11.8 Å². The van der Waals surface area contributed by atoms with Crippen LogP contribution >= 0.6 is 0 Å². The molecule has 0 unspecified atom stereocenters. The van der Waals surface area contributed by atoms with Crippen molar-refractivity contribution >= 4 is 16.9 Å². The molecule has 5 rings (SSSR count). The predicted octanol–water partition coefficient (Wildman–Crippen LogP) is 6.46. The number of nitrogens with zero attached hydrogens (tertiary/aromatic N) is 2. The zero-order valence-electron chi connectivity index (χ0n) is 20.5. The lowest BCUT2D eigenvalue weighted by atomic mass is 9.99. The number of hydrogen-bond acceptors (Lipinski definition) is 6. The molecule has 4 aromatic rings. The Labute approximate surface area is 208 Å². The van der Waals surface area contributed by atoms with E-state index in [2.05, 4.69) is 10.1 Å². The summed E-state index contributed by atoms with van der Waals surface area (Å²) in [7, 11) is 0. The first-order valence-electron chi connectivity index (χ1n) is 12.3. The Morgan fingerprint density at radius 3 is 2.56 bits per heavy atom. The summed E-state index contributed by atoms with van der Waals surface area (Å²) in [6.45, 7) is 7.38. The number of rotatable bonds is 8. The number of carboxylic acid groups (broad SMARTS) is 1. The van der Waals surface area contributed by atoms with Gasteiger partial charge < -0.3 is 23.7 Å². The van der Waals surface area contributed by atoms with E-state index in [1.54, 1.807) is 12.1 Å². The van der Waals surface area contributed by atoms with Gasteiger partial charge in [-0.3, -0.25) is 0 Å². The summed E-state index contributed by atoms with van der Waals surface area (Å²) in [6, 6.07) is 9.07. The molecule has 0 bridgehead atoms. The molecule has 188 valence electrons. The molecule has 0 amide bonds. The molecule has 3 heterocycles. The van der Waals surface area contributed by atoms with E-state index in [-0.39, 0.29) is 11.3 Å². The molecule has 2 aromatic heterocycles. The Kier molecular flexibility index (Phi) is 6.78. The second-order valence-corrected chi connectivity index (χ2v) is 9.27. The van der Waals surface area contributed by atoms with E-state index >= 15 is 0 Å². The molecule has 1 aliphatic rings. The average molecular weight is 493 g/mol. The number of likely N-dealkylation sites (tertiary alicyclic amines) is 1. The molecule has 2 aromatic carbocycles. The standard InChI is InChI=1S/C28H29FN2O5/c1-17-25(18(2)36-30-17)21-16-24-22(15-23(21)34-14-6-13-31-11-4-3-5-12-31)26(28(32)33)27(35-24)19-7-9-20(29)10-8-19/h7-10,15-16H,3-6,11-14H2,1-2H3,(H,32,33). The number of hydrogen-bond donors (Lipinski definition) is 1. The molecule has 0 aliphatic carbocycles. The van der Waals surface area contributed by atoms with Crippen LogP contribution < -0.4 is 4.74 Å². The number of aryl methyl sites for hydroxylation is 2. The van der Waals surface area contributed by atoms with E-state index in [4.69, 9.17) is 13.7 Å². The summed E-state index contributed by atoms with van der Waals surface area (Å²) in [4.78, 5) is 14.8. The highest BCUT2D eigenvalue weighted by molar-refractivity contribution is 6.09. The van der Waals surface area contributed by atoms with Gasteiger partial charge in [-0.25, -0.2) is 9.18 Å². The monoisotopic (exact) mass is 492 g/mol. The molecule has 0 radical (unpaired) electrons. The molecule has 0 spiro atoms. The van der Waals surface area contributed by atoms with Crippen molar-refractivity contribution in [3.63, 3.8) is 0 Å². The van der Waals surface area contributed by atoms with Gasteiger partial charge in [0.25, 0.3) is 0 Å². The summed E-state index contributed by atoms with van der Waals surface area (Å²) in [5, 5.41) is 14.6. The fraction of sp³-hybridized carbons (Fsp3) is 0.357. The number of benzene rings is 2. The fourth-order valence-corrected chi connectivity index (χ4v) is 4.98. The zero-order valence-corrected chi connectivity index (χ0v) is 20.5. The van der Waals surface area contributed by atoms with Crippen LogP contribution in [0, 0.1) is 19.7 Å². The summed E-state index contributed by atoms with van der Waals surface area (Å²) < 4.78 is 31.2. The number of piperidine rings is 1. The summed E-state index contributed by atoms with van der Waals surface area (Å²) in [6.07, 6.45) is 4.63. The zero-order chi connectivity index (χ0) is 25.2. The minimum Gasteiger partial charge on any atom is -0.493 e. The maximum atomic E-state index is 13.5. The van der Waals surface area contributed by atoms with Crippen molar-refractivity contribution in [1.82, 2.24) is 10.1 Å². The fourth-order valence-electron chi connectivity index (χ4n) is 4.98. The Bertz CT molecular complexity index is 1360. The van der Waals surface area contributed by atoms with Crippen molar-refractivity contribution in [2.75, 3.05) is 26.2 Å². The van der Waals surface area contributed by atoms with Gasteiger partial charge in [-0.15, -0.1) is 0 Å². The second kappa shape index (κ2) is 10.1. The van der Waals surface area contributed by atoms with Crippen LogP contribution in [0.15, 0.2) is 45.3 Å². The number of ether oxygens (including phenoxy) is 1. The van der Waals surface area contributed by atoms with E-state index in [1.165, 1.54) is 43.5 Å². The quantitative estimate of drug-likeness (QED) is 0.282. The number of fused-ring (bicyclic) bond motifs is 1. The highest BCUT2D eigenvalue weighted by Crippen LogP contribution is 2.42. The van der Waals surface area contributed by atoms with Gasteiger partial charge in [0.2, 0.25) is 0 Å². The average Bonchev–Trinajstić information content (AvgIpc) is 3.41. The van der Waals surface area contributed by atoms with Gasteiger partial charge in [0.1, 0.15) is 34.2 Å². The lowest BCUT2D eigenvalue weighted by molar-refractivity contribution is 0.0699. The SMILES string of the molecule is Cc1noc(C)c1-c1cc2oc(-c3ccc(F)cc3)c(C(=O)O)c2cc1OCCCN1CCCCC1. The first kappa shape index (κ1) is 24.1. The first-order valence-corrected chi connectivity index (χ1v) is 12.3. The molecule has 1 N–H and O–H groups in total. The van der Waals surface area contributed by atoms with E-state index in [9.17, 15) is 14.3 Å². The first-order chi connectivity index (χ1) is 17.4. The van der Waals surface area contributed by atoms with Crippen LogP contribution in [0.25, 0.3) is 33.4 Å². The van der Waals surface area contributed by atoms with Crippen molar-refractivity contribution in [3.8, 4) is 28.2 Å². The lowest BCUT2D eigenvalue weighted by Crippen LogP contribution is -2.31. The minimum absolute atomic E-state index is 0.0140. The molecule has 0 atom stereocenters. The number of aromatic nitrogens is 1. The molecule has 8 heteroatoms. The molecular formula is C28H29FN2O5. The van der Waals surface area contributed by atoms with Crippen molar-refractivity contribution in [2.24, 2.45) is 0 Å². The maximum Gasteiger partial charge on any atom is 0.340 e. The van der Waals surface area contributed by atoms with Crippen LogP contribution in [-0.4, -0.2) is 47.4 Å². The Morgan fingerprint density at radius 2 is 1.89 bits per heavy atom. The van der Waals surface area contributed by atoms with Crippen LogP contribution in [0.4, 0.5) is 4.39 Å². The molecule has 1 fully saturated rings. The Balaban J connectivity index is 1.55. The van der Waals surface area contributed by atoms with Gasteiger partial charge in [-0.2, -0.15) is 0 Å². The van der Waals surface area contributed by atoms with E-state index in [0.717, 1.165) is 37.2 Å². The van der Waals surface area contributed by atoms with Gasteiger partial charge in [-0.1, -0.05) is 11.6 Å². The largest absolute Gasteiger partial charge is 0.493 e. The smallest absolute Gasteiger partial charge is 0.340 e. The predicted molar refractivity (Wildman–Crippen MR) is 134 cm³/mol. The Hall–Kier alpha value is -3.65. The second-order valence-electron chi connectivity index (χ2n) is 9.27. The van der Waals surface area contributed by atoms with Crippen molar-refractivity contribution in [1.29, 1.82) is 0 Å². The number of furan rings is 1. The number of carbonyl (C=O) groups is 1. The molecule has 0 saturated carbocycles. The van der Waals surface area contributed by atoms with Gasteiger partial charge in [0, 0.05) is 23.1 Å². The van der Waals surface area contributed by atoms with Crippen molar-refractivity contribution in [3.05, 3.63) is 59.2 Å². The van der Waals surface area contributed by atoms with Gasteiger partial charge >= 0.3 is 5.97 Å². The summed E-state index contributed by atoms with van der Waals surface area (Å²) >= 11 is 0. The van der Waals surface area contributed by atoms with Crippen molar-refractivity contribution in [2.45, 2.75) is 39.5 Å². The topological polar surface area (TPSA) is 88.9 Å². The third-order valence-electron chi connectivity index (χ3n) is 6.74. The summed E-state index contributed by atoms with van der Waals surface area (Å²) in [5.41, 5.74) is 3.11. The third-order valence-corrected chi connectivity index (χ3v) is 6.74. The highest BCUT2D eigenvalue weighted by atomic mass is 19.1. The minimum atomic E-state index is -1.13. The van der Waals surface area contributed by atoms with Crippen LogP contribution in [0.5, 0.6) is 5.75 Å². The van der Waals surface area contributed by atoms with E-state index in [0.29, 0.717) is 40.3 Å². The maximum absolute atomic E-state index is 13.5. The number of carboxylic acids is 1. The van der Waals surface area contributed by atoms with Crippen molar-refractivity contribution < 1.29 is 28.0 Å². The van der Waals surface area contributed by atoms with Crippen LogP contribution in [0.1, 0.15) is 47.5 Å². The third kappa shape index (κ3) is 4.73. The molecule has 1 saturated heterocycles. The van der Waals surface area contributed by atoms with Crippen LogP contribution in [0.3, 0.4) is 0 Å². The number of halogens is 1. The van der Waals surface area contributed by atoms with Crippen LogP contribution in [0.2, 0.25) is 0 Å². The summed E-state index contributed by atoms with van der Waals surface area (Å²) in [5.74, 6) is -0.190. The van der Waals surface area contributed by atoms with Gasteiger partial charge in [0.05, 0.1) is 17.9 Å². The molecule has 36 heavy (non-hydrogen) atoms. The highest BCUT2D eigenvalue weighted by Gasteiger charge is 2.26.